The monoisotopic (exact) mass is 241 g/mol. The molecule has 1 N–H and O–H groups in total. The summed E-state index contributed by atoms with van der Waals surface area (Å²) in [6.07, 6.45) is 2.30. The third-order valence-electron chi connectivity index (χ3n) is 3.43. The van der Waals surface area contributed by atoms with E-state index in [1.54, 1.807) is 0 Å². The van der Waals surface area contributed by atoms with E-state index in [0.29, 0.717) is 18.0 Å². The van der Waals surface area contributed by atoms with E-state index in [4.69, 9.17) is 5.11 Å². The number of rotatable bonds is 3. The first-order valence-electron chi connectivity index (χ1n) is 5.99. The molecule has 94 valence electrons. The van der Waals surface area contributed by atoms with Gasteiger partial charge in [-0.1, -0.05) is 13.3 Å². The molecule has 0 aromatic heterocycles. The van der Waals surface area contributed by atoms with Crippen molar-refractivity contribution in [2.24, 2.45) is 5.92 Å². The lowest BCUT2D eigenvalue weighted by molar-refractivity contribution is 0.313. The van der Waals surface area contributed by atoms with E-state index >= 15 is 0 Å². The molecule has 0 aliphatic carbocycles. The number of hydrogen-bond acceptors (Lipinski definition) is 2. The number of phenols is 1. The van der Waals surface area contributed by atoms with Crippen LogP contribution < -0.4 is 0 Å². The minimum Gasteiger partial charge on any atom is -0.503 e. The summed E-state index contributed by atoms with van der Waals surface area (Å²) in [6.45, 7) is 4.67. The van der Waals surface area contributed by atoms with Gasteiger partial charge in [0.25, 0.3) is 0 Å². The second-order valence-corrected chi connectivity index (χ2v) is 4.71. The Kier molecular flexibility index (Phi) is 3.62. The molecule has 0 bridgehead atoms. The topological polar surface area (TPSA) is 23.5 Å². The highest BCUT2D eigenvalue weighted by molar-refractivity contribution is 5.30. The van der Waals surface area contributed by atoms with Crippen LogP contribution in [-0.4, -0.2) is 23.1 Å². The first-order chi connectivity index (χ1) is 8.10. The van der Waals surface area contributed by atoms with Gasteiger partial charge in [-0.05, 0) is 36.6 Å². The highest BCUT2D eigenvalue weighted by atomic mass is 19.1. The van der Waals surface area contributed by atoms with Gasteiger partial charge in [0.15, 0.2) is 17.4 Å². The molecule has 2 nitrogen and oxygen atoms in total. The van der Waals surface area contributed by atoms with Crippen molar-refractivity contribution in [3.8, 4) is 5.75 Å². The Balaban J connectivity index is 2.04. The van der Waals surface area contributed by atoms with Crippen LogP contribution in [0, 0.1) is 17.6 Å². The van der Waals surface area contributed by atoms with Crippen LogP contribution in [0.4, 0.5) is 8.78 Å². The van der Waals surface area contributed by atoms with Crippen LogP contribution in [-0.2, 0) is 6.54 Å². The summed E-state index contributed by atoms with van der Waals surface area (Å²) in [6, 6.07) is 2.41. The lowest BCUT2D eigenvalue weighted by Crippen LogP contribution is -2.20. The van der Waals surface area contributed by atoms with Gasteiger partial charge in [-0.25, -0.2) is 8.78 Å². The van der Waals surface area contributed by atoms with Crippen molar-refractivity contribution < 1.29 is 13.9 Å². The number of nitrogens with zero attached hydrogens (tertiary/aromatic N) is 1. The Bertz CT molecular complexity index is 385. The maximum Gasteiger partial charge on any atom is 0.187 e. The number of halogens is 2. The van der Waals surface area contributed by atoms with Crippen LogP contribution in [0.2, 0.25) is 0 Å². The van der Waals surface area contributed by atoms with Gasteiger partial charge in [0.2, 0.25) is 0 Å². The summed E-state index contributed by atoms with van der Waals surface area (Å²) in [5.74, 6) is -1.96. The van der Waals surface area contributed by atoms with Crippen molar-refractivity contribution in [3.63, 3.8) is 0 Å². The molecule has 1 unspecified atom stereocenters. The zero-order chi connectivity index (χ0) is 12.4. The Labute approximate surface area is 99.9 Å². The summed E-state index contributed by atoms with van der Waals surface area (Å²) in [4.78, 5) is 2.19. The molecule has 0 radical (unpaired) electrons. The van der Waals surface area contributed by atoms with Crippen molar-refractivity contribution in [1.82, 2.24) is 4.90 Å². The van der Waals surface area contributed by atoms with Gasteiger partial charge >= 0.3 is 0 Å². The zero-order valence-corrected chi connectivity index (χ0v) is 9.92. The van der Waals surface area contributed by atoms with Crippen LogP contribution in [0.1, 0.15) is 25.3 Å². The minimum atomic E-state index is -0.887. The maximum atomic E-state index is 13.1. The van der Waals surface area contributed by atoms with E-state index in [0.717, 1.165) is 25.9 Å². The molecule has 0 spiro atoms. The minimum absolute atomic E-state index is 0.546. The number of hydrogen-bond donors (Lipinski definition) is 1. The SMILES string of the molecule is CCC1CCN(Cc2cc(F)c(O)c(F)c2)C1. The highest BCUT2D eigenvalue weighted by Gasteiger charge is 2.21. The summed E-state index contributed by atoms with van der Waals surface area (Å²) >= 11 is 0. The van der Waals surface area contributed by atoms with Crippen molar-refractivity contribution in [1.29, 1.82) is 0 Å². The summed E-state index contributed by atoms with van der Waals surface area (Å²) in [7, 11) is 0. The molecule has 4 heteroatoms. The van der Waals surface area contributed by atoms with Gasteiger partial charge < -0.3 is 5.11 Å². The van der Waals surface area contributed by atoms with E-state index in [1.807, 2.05) is 0 Å². The largest absolute Gasteiger partial charge is 0.503 e. The molecule has 0 saturated carbocycles. The predicted octanol–water partition coefficient (Wildman–Crippen LogP) is 2.90. The molecule has 1 aromatic carbocycles. The molecular formula is C13H17F2NO. The molecule has 1 heterocycles. The van der Waals surface area contributed by atoms with Crippen LogP contribution >= 0.6 is 0 Å². The van der Waals surface area contributed by atoms with E-state index in [2.05, 4.69) is 11.8 Å². The van der Waals surface area contributed by atoms with Crippen LogP contribution in [0.3, 0.4) is 0 Å². The van der Waals surface area contributed by atoms with Crippen molar-refractivity contribution in [3.05, 3.63) is 29.3 Å². The van der Waals surface area contributed by atoms with Crippen molar-refractivity contribution in [2.75, 3.05) is 13.1 Å². The van der Waals surface area contributed by atoms with E-state index < -0.39 is 17.4 Å². The van der Waals surface area contributed by atoms with Gasteiger partial charge in [0, 0.05) is 13.1 Å². The number of benzene rings is 1. The standard InChI is InChI=1S/C13H17F2NO/c1-2-9-3-4-16(7-9)8-10-5-11(14)13(17)12(15)6-10/h5-6,9,17H,2-4,7-8H2,1H3. The Hall–Kier alpha value is -1.16. The van der Waals surface area contributed by atoms with Gasteiger partial charge in [-0.3, -0.25) is 4.90 Å². The average molecular weight is 241 g/mol. The third-order valence-corrected chi connectivity index (χ3v) is 3.43. The van der Waals surface area contributed by atoms with Crippen LogP contribution in [0.15, 0.2) is 12.1 Å². The van der Waals surface area contributed by atoms with Crippen LogP contribution in [0.5, 0.6) is 5.75 Å². The predicted molar refractivity (Wildman–Crippen MR) is 61.7 cm³/mol. The molecule has 1 aliphatic heterocycles. The fraction of sp³-hybridized carbons (Fsp3) is 0.538. The Morgan fingerprint density at radius 3 is 2.53 bits per heavy atom. The van der Waals surface area contributed by atoms with Gasteiger partial charge in [-0.2, -0.15) is 0 Å². The molecule has 1 saturated heterocycles. The summed E-state index contributed by atoms with van der Waals surface area (Å²) < 4.78 is 26.3. The van der Waals surface area contributed by atoms with Crippen molar-refractivity contribution >= 4 is 0 Å². The van der Waals surface area contributed by atoms with Crippen LogP contribution in [0.25, 0.3) is 0 Å². The number of likely N-dealkylation sites (tertiary alicyclic amines) is 1. The maximum absolute atomic E-state index is 13.1. The van der Waals surface area contributed by atoms with Gasteiger partial charge in [0.1, 0.15) is 0 Å². The molecule has 1 fully saturated rings. The second-order valence-electron chi connectivity index (χ2n) is 4.71. The van der Waals surface area contributed by atoms with E-state index in [1.165, 1.54) is 12.1 Å². The Morgan fingerprint density at radius 2 is 2.00 bits per heavy atom. The lowest BCUT2D eigenvalue weighted by atomic mass is 10.1. The molecule has 17 heavy (non-hydrogen) atoms. The normalized spacial score (nSPS) is 21.0. The molecule has 2 rings (SSSR count). The first kappa shape index (κ1) is 12.3. The Morgan fingerprint density at radius 1 is 1.35 bits per heavy atom. The number of aromatic hydroxyl groups is 1. The summed E-state index contributed by atoms with van der Waals surface area (Å²) in [5, 5.41) is 9.01. The molecule has 1 aromatic rings. The fourth-order valence-electron chi connectivity index (χ4n) is 2.36. The first-order valence-corrected chi connectivity index (χ1v) is 5.99. The summed E-state index contributed by atoms with van der Waals surface area (Å²) in [5.41, 5.74) is 0.578. The highest BCUT2D eigenvalue weighted by Crippen LogP contribution is 2.25. The van der Waals surface area contributed by atoms with Gasteiger partial charge in [0.05, 0.1) is 0 Å². The molecule has 1 aliphatic rings. The second kappa shape index (κ2) is 5.00. The quantitative estimate of drug-likeness (QED) is 0.879. The smallest absolute Gasteiger partial charge is 0.187 e. The average Bonchev–Trinajstić information content (AvgIpc) is 2.73. The molecule has 0 amide bonds. The fourth-order valence-corrected chi connectivity index (χ4v) is 2.36. The molecular weight excluding hydrogens is 224 g/mol. The zero-order valence-electron chi connectivity index (χ0n) is 9.92. The third kappa shape index (κ3) is 2.75. The van der Waals surface area contributed by atoms with E-state index in [-0.39, 0.29) is 0 Å². The van der Waals surface area contributed by atoms with Gasteiger partial charge in [-0.15, -0.1) is 0 Å². The van der Waals surface area contributed by atoms with Crippen molar-refractivity contribution in [2.45, 2.75) is 26.3 Å². The molecule has 1 atom stereocenters. The van der Waals surface area contributed by atoms with E-state index in [9.17, 15) is 8.78 Å². The lowest BCUT2D eigenvalue weighted by Gasteiger charge is -2.16. The number of phenolic OH excluding ortho intramolecular Hbond substituents is 1.